The number of carbonyl (C=O) groups excluding carboxylic acids is 1. The zero-order valence-electron chi connectivity index (χ0n) is 24.3. The topological polar surface area (TPSA) is 98.2 Å². The minimum absolute atomic E-state index is 0.0154. The summed E-state index contributed by atoms with van der Waals surface area (Å²) in [5, 5.41) is 8.24. The first-order valence-corrected chi connectivity index (χ1v) is 15.8. The first-order valence-electron chi connectivity index (χ1n) is 15.8. The van der Waals surface area contributed by atoms with Crippen LogP contribution in [0.25, 0.3) is 11.5 Å². The molecule has 4 bridgehead atoms. The van der Waals surface area contributed by atoms with Crippen molar-refractivity contribution in [1.29, 1.82) is 0 Å². The van der Waals surface area contributed by atoms with Crippen LogP contribution < -0.4 is 4.90 Å². The number of fused-ring (bicyclic) bond motifs is 3. The monoisotopic (exact) mass is 611 g/mol. The van der Waals surface area contributed by atoms with Gasteiger partial charge in [0.05, 0.1) is 5.41 Å². The number of rotatable bonds is 8. The molecule has 2 aromatic heterocycles. The van der Waals surface area contributed by atoms with E-state index in [1.807, 2.05) is 29.2 Å². The van der Waals surface area contributed by atoms with Crippen molar-refractivity contribution < 1.29 is 31.4 Å². The molecule has 3 aromatic rings. The maximum Gasteiger partial charge on any atom is 0.403 e. The third-order valence-corrected chi connectivity index (χ3v) is 12.0. The Morgan fingerprint density at radius 1 is 0.932 bits per heavy atom. The number of alkyl halides is 4. The number of hydrogen-bond donors (Lipinski definition) is 0. The molecule has 8 aliphatic rings. The Hall–Kier alpha value is -3.31. The molecule has 0 aliphatic heterocycles. The molecule has 2 heterocycles. The number of anilines is 1. The maximum absolute atomic E-state index is 14.6. The van der Waals surface area contributed by atoms with Crippen LogP contribution in [0.1, 0.15) is 107 Å². The first kappa shape index (κ1) is 27.0. The lowest BCUT2D eigenvalue weighted by molar-refractivity contribution is -0.211. The molecule has 0 N–H and O–H groups in total. The maximum atomic E-state index is 14.6. The highest BCUT2D eigenvalue weighted by molar-refractivity contribution is 6.00. The third-order valence-electron chi connectivity index (χ3n) is 12.0. The predicted octanol–water partition coefficient (Wildman–Crippen LogP) is 7.11. The van der Waals surface area contributed by atoms with Gasteiger partial charge in [-0.25, -0.2) is 4.39 Å². The molecule has 11 rings (SSSR count). The van der Waals surface area contributed by atoms with Gasteiger partial charge in [-0.3, -0.25) is 4.79 Å². The van der Waals surface area contributed by atoms with E-state index in [1.54, 1.807) is 0 Å². The number of carbonyl (C=O) groups is 1. The molecule has 1 amide bonds. The summed E-state index contributed by atoms with van der Waals surface area (Å²) in [6.07, 6.45) is 3.05. The summed E-state index contributed by atoms with van der Waals surface area (Å²) in [6.45, 7) is 0.498. The fourth-order valence-electron chi connectivity index (χ4n) is 8.67. The lowest BCUT2D eigenvalue weighted by Gasteiger charge is -2.65. The molecular formula is C32H33F4N5O3. The molecule has 1 aromatic carbocycles. The average molecular weight is 612 g/mol. The van der Waals surface area contributed by atoms with Crippen LogP contribution in [0.3, 0.4) is 0 Å². The van der Waals surface area contributed by atoms with Crippen LogP contribution in [-0.4, -0.2) is 44.6 Å². The van der Waals surface area contributed by atoms with Crippen LogP contribution in [0.5, 0.6) is 0 Å². The standard InChI is InChI=1S/C32H33F4N5O3/c33-30-15-29(16-30,17-30)26(42)41(21-3-1-2-20(14-21)23-37-22(39-43-23)19-4-5-19)18-27-6-9-28(10-7-27,11-8-27)24-38-25(44-40-24)31(12-13-31)32(34,35)36/h1-3,14,19H,4-13,15-18H2. The minimum Gasteiger partial charge on any atom is -0.338 e. The van der Waals surface area contributed by atoms with Gasteiger partial charge in [0.1, 0.15) is 11.1 Å². The summed E-state index contributed by atoms with van der Waals surface area (Å²) in [5.74, 6) is 1.55. The molecule has 8 nitrogen and oxygen atoms in total. The van der Waals surface area contributed by atoms with E-state index in [-0.39, 0.29) is 49.3 Å². The highest BCUT2D eigenvalue weighted by Crippen LogP contribution is 2.70. The van der Waals surface area contributed by atoms with E-state index in [9.17, 15) is 22.4 Å². The van der Waals surface area contributed by atoms with Gasteiger partial charge in [0.2, 0.25) is 11.8 Å². The van der Waals surface area contributed by atoms with Crippen molar-refractivity contribution in [1.82, 2.24) is 20.3 Å². The molecular weight excluding hydrogens is 578 g/mol. The predicted molar refractivity (Wildman–Crippen MR) is 147 cm³/mol. The highest BCUT2D eigenvalue weighted by Gasteiger charge is 2.74. The van der Waals surface area contributed by atoms with Crippen LogP contribution >= 0.6 is 0 Å². The summed E-state index contributed by atoms with van der Waals surface area (Å²) in [6, 6.07) is 7.61. The second kappa shape index (κ2) is 8.48. The quantitative estimate of drug-likeness (QED) is 0.251. The van der Waals surface area contributed by atoms with Crippen LogP contribution in [-0.2, 0) is 15.6 Å². The molecule has 8 fully saturated rings. The van der Waals surface area contributed by atoms with E-state index in [2.05, 4.69) is 20.3 Å². The van der Waals surface area contributed by atoms with Gasteiger partial charge < -0.3 is 13.9 Å². The van der Waals surface area contributed by atoms with E-state index in [0.717, 1.165) is 62.6 Å². The summed E-state index contributed by atoms with van der Waals surface area (Å²) < 4.78 is 66.5. The van der Waals surface area contributed by atoms with E-state index in [4.69, 9.17) is 9.05 Å². The zero-order chi connectivity index (χ0) is 30.2. The highest BCUT2D eigenvalue weighted by atomic mass is 19.4. The van der Waals surface area contributed by atoms with Gasteiger partial charge in [0, 0.05) is 29.1 Å². The Bertz CT molecular complexity index is 1630. The van der Waals surface area contributed by atoms with Crippen molar-refractivity contribution in [2.45, 2.75) is 112 Å². The fourth-order valence-corrected chi connectivity index (χ4v) is 8.67. The average Bonchev–Trinajstić information content (AvgIpc) is 3.91. The van der Waals surface area contributed by atoms with Gasteiger partial charge in [0.25, 0.3) is 5.89 Å². The molecule has 44 heavy (non-hydrogen) atoms. The van der Waals surface area contributed by atoms with Gasteiger partial charge in [-0.05, 0) is 107 Å². The molecule has 0 radical (unpaired) electrons. The number of hydrogen-bond acceptors (Lipinski definition) is 7. The Balaban J connectivity index is 0.977. The molecule has 232 valence electrons. The van der Waals surface area contributed by atoms with Crippen molar-refractivity contribution in [2.75, 3.05) is 11.4 Å². The van der Waals surface area contributed by atoms with Crippen molar-refractivity contribution in [2.24, 2.45) is 10.8 Å². The van der Waals surface area contributed by atoms with Crippen molar-refractivity contribution in [3.63, 3.8) is 0 Å². The van der Waals surface area contributed by atoms with Crippen LogP contribution in [0, 0.1) is 10.8 Å². The Morgan fingerprint density at radius 2 is 1.64 bits per heavy atom. The van der Waals surface area contributed by atoms with Crippen LogP contribution in [0.4, 0.5) is 23.2 Å². The smallest absolute Gasteiger partial charge is 0.338 e. The molecule has 0 atom stereocenters. The fraction of sp³-hybridized carbons (Fsp3) is 0.656. The SMILES string of the molecule is O=C(N(CC12CCC(c3noc(C4(C(F)(F)F)CC4)n3)(CC1)CC2)c1cccc(-c2nc(C3CC3)no2)c1)C12CC(F)(C1)C2. The summed E-state index contributed by atoms with van der Waals surface area (Å²) >= 11 is 0. The number of amides is 1. The van der Waals surface area contributed by atoms with Crippen LogP contribution in [0.15, 0.2) is 33.3 Å². The lowest BCUT2D eigenvalue weighted by Crippen LogP contribution is -2.71. The Labute approximate surface area is 250 Å². The van der Waals surface area contributed by atoms with E-state index >= 15 is 0 Å². The zero-order valence-corrected chi connectivity index (χ0v) is 24.3. The number of benzene rings is 1. The molecule has 0 saturated heterocycles. The number of halogens is 4. The van der Waals surface area contributed by atoms with E-state index < -0.39 is 28.1 Å². The van der Waals surface area contributed by atoms with Crippen molar-refractivity contribution in [3.8, 4) is 11.5 Å². The van der Waals surface area contributed by atoms with Gasteiger partial charge in [0.15, 0.2) is 11.6 Å². The molecule has 0 unspecified atom stereocenters. The van der Waals surface area contributed by atoms with Crippen molar-refractivity contribution in [3.05, 3.63) is 41.8 Å². The largest absolute Gasteiger partial charge is 0.403 e. The molecule has 0 spiro atoms. The second-order valence-corrected chi connectivity index (χ2v) is 14.9. The Morgan fingerprint density at radius 3 is 2.25 bits per heavy atom. The Kier molecular flexibility index (Phi) is 5.21. The third kappa shape index (κ3) is 3.84. The molecule has 12 heteroatoms. The van der Waals surface area contributed by atoms with E-state index in [1.165, 1.54) is 0 Å². The molecule has 8 saturated carbocycles. The number of nitrogens with zero attached hydrogens (tertiary/aromatic N) is 5. The lowest BCUT2D eigenvalue weighted by atomic mass is 9.41. The summed E-state index contributed by atoms with van der Waals surface area (Å²) in [5.41, 5.74) is -2.93. The summed E-state index contributed by atoms with van der Waals surface area (Å²) in [4.78, 5) is 25.0. The van der Waals surface area contributed by atoms with E-state index in [0.29, 0.717) is 30.0 Å². The minimum atomic E-state index is -4.40. The number of aromatic nitrogens is 4. The first-order chi connectivity index (χ1) is 21.0. The second-order valence-electron chi connectivity index (χ2n) is 14.9. The van der Waals surface area contributed by atoms with Gasteiger partial charge in [-0.1, -0.05) is 16.4 Å². The van der Waals surface area contributed by atoms with Crippen molar-refractivity contribution >= 4 is 11.6 Å². The summed E-state index contributed by atoms with van der Waals surface area (Å²) in [7, 11) is 0. The van der Waals surface area contributed by atoms with Gasteiger partial charge in [-0.2, -0.15) is 23.1 Å². The van der Waals surface area contributed by atoms with Crippen LogP contribution in [0.2, 0.25) is 0 Å². The normalized spacial score (nSPS) is 34.7. The molecule has 8 aliphatic carbocycles. The van der Waals surface area contributed by atoms with Gasteiger partial charge >= 0.3 is 6.18 Å². The van der Waals surface area contributed by atoms with Gasteiger partial charge in [-0.15, -0.1) is 0 Å².